The molecule has 0 bridgehead atoms. The normalized spacial score (nSPS) is 12.7. The number of nitrogens with two attached hydrogens (primary N) is 3. The topological polar surface area (TPSA) is 392 Å². The van der Waals surface area contributed by atoms with Crippen LogP contribution in [0, 0.1) is 0 Å². The zero-order valence-electron chi connectivity index (χ0n) is 46.3. The van der Waals surface area contributed by atoms with Crippen LogP contribution in [0.3, 0.4) is 0 Å². The van der Waals surface area contributed by atoms with Crippen molar-refractivity contribution in [3.63, 3.8) is 0 Å². The van der Waals surface area contributed by atoms with Gasteiger partial charge in [0.2, 0.25) is 19.3 Å². The Morgan fingerprint density at radius 2 is 1.01 bits per heavy atom. The van der Waals surface area contributed by atoms with E-state index in [9.17, 15) is 23.5 Å². The molecular formula is C45H86ClN17O12P2. The second-order valence-electron chi connectivity index (χ2n) is 18.1. The number of hydrogen-bond donors (Lipinski definition) is 9. The Labute approximate surface area is 457 Å². The summed E-state index contributed by atoms with van der Waals surface area (Å²) in [6.07, 6.45) is 7.41. The molecule has 12 N–H and O–H groups in total. The third kappa shape index (κ3) is 28.0. The first-order chi connectivity index (χ1) is 35.9. The van der Waals surface area contributed by atoms with E-state index in [1.807, 2.05) is 58.8 Å². The number of hydrogen-bond acceptors (Lipinski definition) is 23. The van der Waals surface area contributed by atoms with Crippen LogP contribution < -0.4 is 38.0 Å². The lowest BCUT2D eigenvalue weighted by atomic mass is 10.3. The molecule has 0 saturated heterocycles. The van der Waals surface area contributed by atoms with E-state index in [2.05, 4.69) is 50.7 Å². The number of aromatic nitrogens is 8. The molecule has 0 aliphatic rings. The van der Waals surface area contributed by atoms with Crippen molar-refractivity contribution < 1.29 is 57.0 Å². The molecule has 0 unspecified atom stereocenters. The van der Waals surface area contributed by atoms with Gasteiger partial charge in [0.1, 0.15) is 30.8 Å². The van der Waals surface area contributed by atoms with Crippen LogP contribution in [0.2, 0.25) is 0 Å². The summed E-state index contributed by atoms with van der Waals surface area (Å²) in [4.78, 5) is 82.8. The van der Waals surface area contributed by atoms with Gasteiger partial charge in [0.05, 0.1) is 45.7 Å². The van der Waals surface area contributed by atoms with Gasteiger partial charge in [-0.3, -0.25) is 23.5 Å². The third-order valence-electron chi connectivity index (χ3n) is 10.3. The van der Waals surface area contributed by atoms with Crippen molar-refractivity contribution in [1.82, 2.24) is 59.0 Å². The standard InChI is InChI=1S/C26H48N9O6P.C12H22N7O4P.C7H15NO2.ClH/c1-7-9-14-40-24(36)19(3)32-42(38,33-20(4)25(37)41-15-10-8-2)18-39-16-13-35-17-29-21-22(28-11-12-34(5)6)30-26(27)31-23(21)35;1-18(2)4-3-14-10-9-11(17-12(13)16-10)19(7-15-9)5-6-23-8-24(20,21)22;1-3-4-5-10-7(9)6(2)8;/h17,19-20H,7-16,18H2,1-6H3,(H2,32,33,38)(H3,27,28,30,31);7H,3-6,8H2,1-2H3,(H2,20,21,22)(H3,13,14,16,17);6H,3-5,8H2,1-2H3;1H/t19-,20-;;6-;/m0.0./s1. The molecule has 4 rings (SSSR count). The first kappa shape index (κ1) is 70.1. The number of carbonyl (C=O) groups is 3. The number of nitrogens with zero attached hydrogens (tertiary/aromatic N) is 10. The molecule has 0 radical (unpaired) electrons. The predicted molar refractivity (Wildman–Crippen MR) is 299 cm³/mol. The lowest BCUT2D eigenvalue weighted by Crippen LogP contribution is -2.43. The van der Waals surface area contributed by atoms with E-state index in [-0.39, 0.29) is 63.0 Å². The van der Waals surface area contributed by atoms with Crippen molar-refractivity contribution in [1.29, 1.82) is 0 Å². The summed E-state index contributed by atoms with van der Waals surface area (Å²) in [6, 6.07) is -2.29. The molecule has 4 aromatic rings. The van der Waals surface area contributed by atoms with Crippen LogP contribution in [0.4, 0.5) is 23.5 Å². The average Bonchev–Trinajstić information content (AvgIpc) is 3.95. The average molecular weight is 1150 g/mol. The molecule has 0 aliphatic heterocycles. The van der Waals surface area contributed by atoms with Gasteiger partial charge in [0, 0.05) is 39.3 Å². The van der Waals surface area contributed by atoms with Gasteiger partial charge in [-0.05, 0) is 68.2 Å². The van der Waals surface area contributed by atoms with Gasteiger partial charge in [-0.1, -0.05) is 40.0 Å². The fourth-order valence-corrected chi connectivity index (χ4v) is 8.61. The minimum Gasteiger partial charge on any atom is -0.465 e. The van der Waals surface area contributed by atoms with Gasteiger partial charge >= 0.3 is 25.5 Å². The smallest absolute Gasteiger partial charge is 0.350 e. The molecule has 0 aliphatic carbocycles. The summed E-state index contributed by atoms with van der Waals surface area (Å²) in [7, 11) is 0.112. The van der Waals surface area contributed by atoms with Gasteiger partial charge in [0.15, 0.2) is 34.0 Å². The molecule has 0 amide bonds. The number of fused-ring (bicyclic) bond motifs is 2. The van der Waals surface area contributed by atoms with Crippen molar-refractivity contribution >= 4 is 91.2 Å². The number of rotatable bonds is 34. The predicted octanol–water partition coefficient (Wildman–Crippen LogP) is 2.82. The lowest BCUT2D eigenvalue weighted by molar-refractivity contribution is -0.146. The maximum atomic E-state index is 13.9. The number of halogens is 1. The van der Waals surface area contributed by atoms with Crippen LogP contribution in [0.15, 0.2) is 12.7 Å². The second kappa shape index (κ2) is 37.1. The Kier molecular flexibility index (Phi) is 33.7. The Morgan fingerprint density at radius 1 is 0.636 bits per heavy atom. The Balaban J connectivity index is 0.000000706. The molecule has 440 valence electrons. The number of likely N-dealkylation sites (N-methyl/N-ethyl adjacent to an activating group) is 2. The maximum absolute atomic E-state index is 13.9. The van der Waals surface area contributed by atoms with E-state index >= 15 is 0 Å². The SMILES string of the molecule is CCCCOC(=O)[C@H](C)N.CCCCOC(=O)[C@H](C)NP(=O)(COCCn1cnc2c(NCCN(C)C)nc(N)nc21)N[C@@H](C)C(=O)OCCCC.CN(C)CCNc1nc(N)nc2c1ncn2CCOCP(=O)(O)O.Cl. The summed E-state index contributed by atoms with van der Waals surface area (Å²) >= 11 is 0. The first-order valence-corrected chi connectivity index (χ1v) is 29.0. The van der Waals surface area contributed by atoms with Crippen LogP contribution in [0.1, 0.15) is 80.1 Å². The minimum atomic E-state index is -4.16. The van der Waals surface area contributed by atoms with E-state index < -0.39 is 51.5 Å². The number of ether oxygens (including phenoxy) is 5. The highest BCUT2D eigenvalue weighted by molar-refractivity contribution is 7.59. The molecule has 29 nitrogen and oxygen atoms in total. The molecule has 0 saturated carbocycles. The highest BCUT2D eigenvalue weighted by atomic mass is 35.5. The van der Waals surface area contributed by atoms with Crippen LogP contribution in [-0.2, 0) is 60.3 Å². The fraction of sp³-hybridized carbons (Fsp3) is 0.711. The summed E-state index contributed by atoms with van der Waals surface area (Å²) in [5.41, 5.74) is 19.2. The molecule has 0 spiro atoms. The van der Waals surface area contributed by atoms with Crippen LogP contribution >= 0.6 is 27.4 Å². The second-order valence-corrected chi connectivity index (χ2v) is 21.9. The molecule has 4 aromatic heterocycles. The molecule has 3 atom stereocenters. The maximum Gasteiger partial charge on any atom is 0.350 e. The number of anilines is 4. The number of unbranched alkanes of at least 4 members (excludes halogenated alkanes) is 3. The largest absolute Gasteiger partial charge is 0.465 e. The van der Waals surface area contributed by atoms with E-state index in [1.54, 1.807) is 42.6 Å². The fourth-order valence-electron chi connectivity index (χ4n) is 6.17. The summed E-state index contributed by atoms with van der Waals surface area (Å²) < 4.78 is 54.1. The first-order valence-electron chi connectivity index (χ1n) is 25.3. The van der Waals surface area contributed by atoms with Crippen LogP contribution in [0.25, 0.3) is 22.3 Å². The molecule has 32 heteroatoms. The molecule has 77 heavy (non-hydrogen) atoms. The Bertz CT molecular complexity index is 2410. The molecule has 4 heterocycles. The quantitative estimate of drug-likeness (QED) is 0.0140. The lowest BCUT2D eigenvalue weighted by Gasteiger charge is -2.26. The van der Waals surface area contributed by atoms with E-state index in [0.717, 1.165) is 51.6 Å². The van der Waals surface area contributed by atoms with Crippen LogP contribution in [-0.4, -0.2) is 195 Å². The minimum absolute atomic E-state index is 0. The Hall–Kier alpha value is -4.90. The van der Waals surface area contributed by atoms with Crippen molar-refractivity contribution in [3.05, 3.63) is 12.7 Å². The third-order valence-corrected chi connectivity index (χ3v) is 12.9. The molecular weight excluding hydrogens is 1070 g/mol. The van der Waals surface area contributed by atoms with Crippen molar-refractivity contribution in [2.45, 2.75) is 111 Å². The van der Waals surface area contributed by atoms with Gasteiger partial charge in [-0.2, -0.15) is 19.9 Å². The van der Waals surface area contributed by atoms with Gasteiger partial charge in [0.25, 0.3) is 0 Å². The van der Waals surface area contributed by atoms with Crippen molar-refractivity contribution in [2.75, 3.05) is 122 Å². The van der Waals surface area contributed by atoms with Crippen LogP contribution in [0.5, 0.6) is 0 Å². The number of carbonyl (C=O) groups excluding carboxylic acids is 3. The van der Waals surface area contributed by atoms with Gasteiger partial charge in [-0.25, -0.2) is 20.1 Å². The van der Waals surface area contributed by atoms with E-state index in [0.29, 0.717) is 66.7 Å². The van der Waals surface area contributed by atoms with E-state index in [4.69, 9.17) is 50.7 Å². The Morgan fingerprint density at radius 3 is 1.36 bits per heavy atom. The van der Waals surface area contributed by atoms with Crippen molar-refractivity contribution in [3.8, 4) is 0 Å². The van der Waals surface area contributed by atoms with Gasteiger partial charge in [-0.15, -0.1) is 12.4 Å². The van der Waals surface area contributed by atoms with Crippen molar-refractivity contribution in [2.24, 2.45) is 5.73 Å². The molecule has 0 aromatic carbocycles. The zero-order valence-corrected chi connectivity index (χ0v) is 48.9. The number of nitrogen functional groups attached to an aromatic ring is 2. The monoisotopic (exact) mass is 1150 g/mol. The highest BCUT2D eigenvalue weighted by Gasteiger charge is 2.32. The molecule has 0 fully saturated rings. The number of imidazole rings is 2. The number of esters is 3. The van der Waals surface area contributed by atoms with E-state index in [1.165, 1.54) is 0 Å². The number of nitrogens with one attached hydrogen (secondary N) is 4. The highest BCUT2D eigenvalue weighted by Crippen LogP contribution is 2.38. The van der Waals surface area contributed by atoms with Gasteiger partial charge < -0.3 is 80.2 Å². The summed E-state index contributed by atoms with van der Waals surface area (Å²) in [6.45, 7) is 15.7. The summed E-state index contributed by atoms with van der Waals surface area (Å²) in [5.74, 6) is -0.0800. The summed E-state index contributed by atoms with van der Waals surface area (Å²) in [5, 5.41) is 12.0. The zero-order chi connectivity index (χ0) is 56.8.